The fourth-order valence-corrected chi connectivity index (χ4v) is 2.11. The smallest absolute Gasteiger partial charge is 0.178 e. The van der Waals surface area contributed by atoms with Crippen LogP contribution in [0.4, 0.5) is 0 Å². The van der Waals surface area contributed by atoms with Crippen LogP contribution in [0.2, 0.25) is 0 Å². The molecule has 0 aliphatic rings. The second-order valence-electron chi connectivity index (χ2n) is 4.26. The van der Waals surface area contributed by atoms with Gasteiger partial charge in [-0.05, 0) is 18.6 Å². The Morgan fingerprint density at radius 1 is 1.37 bits per heavy atom. The Kier molecular flexibility index (Phi) is 3.68. The zero-order chi connectivity index (χ0) is 14.0. The van der Waals surface area contributed by atoms with Crippen LogP contribution in [0.1, 0.15) is 25.1 Å². The fourth-order valence-electron chi connectivity index (χ4n) is 1.58. The molecular weight excluding hydrogens is 266 g/mol. The van der Waals surface area contributed by atoms with Crippen LogP contribution in [0.3, 0.4) is 0 Å². The Morgan fingerprint density at radius 2 is 2.11 bits per heavy atom. The summed E-state index contributed by atoms with van der Waals surface area (Å²) in [7, 11) is -3.26. The molecule has 0 radical (unpaired) electrons. The van der Waals surface area contributed by atoms with Crippen molar-refractivity contribution in [3.63, 3.8) is 0 Å². The summed E-state index contributed by atoms with van der Waals surface area (Å²) in [5, 5.41) is 13.6. The molecule has 6 nitrogen and oxygen atoms in total. The number of rotatable bonds is 4. The van der Waals surface area contributed by atoms with Crippen molar-refractivity contribution in [2.24, 2.45) is 0 Å². The van der Waals surface area contributed by atoms with E-state index in [0.717, 1.165) is 6.26 Å². The lowest BCUT2D eigenvalue weighted by molar-refractivity contribution is 0.169. The van der Waals surface area contributed by atoms with E-state index in [1.807, 2.05) is 6.92 Å². The van der Waals surface area contributed by atoms with Gasteiger partial charge in [0.15, 0.2) is 9.84 Å². The van der Waals surface area contributed by atoms with Crippen molar-refractivity contribution in [2.75, 3.05) is 6.26 Å². The molecule has 2 rings (SSSR count). The van der Waals surface area contributed by atoms with Gasteiger partial charge in [0.1, 0.15) is 4.90 Å². The highest BCUT2D eigenvalue weighted by Crippen LogP contribution is 2.16. The minimum Gasteiger partial charge on any atom is -0.387 e. The van der Waals surface area contributed by atoms with Crippen molar-refractivity contribution in [1.29, 1.82) is 0 Å². The van der Waals surface area contributed by atoms with Crippen LogP contribution in [-0.4, -0.2) is 34.5 Å². The Labute approximate surface area is 111 Å². The van der Waals surface area contributed by atoms with Crippen molar-refractivity contribution in [1.82, 2.24) is 14.8 Å². The number of aliphatic hydroxyl groups excluding tert-OH is 1. The Balaban J connectivity index is 2.30. The van der Waals surface area contributed by atoms with Crippen LogP contribution in [0.5, 0.6) is 0 Å². The Morgan fingerprint density at radius 3 is 2.58 bits per heavy atom. The monoisotopic (exact) mass is 281 g/mol. The van der Waals surface area contributed by atoms with Gasteiger partial charge in [0.25, 0.3) is 0 Å². The van der Waals surface area contributed by atoms with Crippen LogP contribution in [0, 0.1) is 0 Å². The number of nitrogens with zero attached hydrogens (tertiary/aromatic N) is 3. The molecule has 0 aliphatic heterocycles. The first-order valence-electron chi connectivity index (χ1n) is 5.81. The standard InChI is InChI=1S/C12H15N3O3S/c1-3-12(16)11-5-4-9(6-13-11)15-8-10(7-14-15)19(2,17)18/h4-8,12,16H,3H2,1-2H3/t12-/m1/s1. The van der Waals surface area contributed by atoms with E-state index in [1.165, 1.54) is 17.1 Å². The van der Waals surface area contributed by atoms with E-state index >= 15 is 0 Å². The lowest BCUT2D eigenvalue weighted by atomic mass is 10.2. The van der Waals surface area contributed by atoms with Crippen molar-refractivity contribution in [3.8, 4) is 5.69 Å². The van der Waals surface area contributed by atoms with E-state index < -0.39 is 15.9 Å². The minimum absolute atomic E-state index is 0.158. The molecule has 0 fully saturated rings. The van der Waals surface area contributed by atoms with Crippen molar-refractivity contribution in [3.05, 3.63) is 36.4 Å². The summed E-state index contributed by atoms with van der Waals surface area (Å²) in [6, 6.07) is 3.44. The first-order chi connectivity index (χ1) is 8.91. The van der Waals surface area contributed by atoms with Gasteiger partial charge in [-0.2, -0.15) is 5.10 Å². The third kappa shape index (κ3) is 2.99. The van der Waals surface area contributed by atoms with Gasteiger partial charge in [-0.1, -0.05) is 6.92 Å². The maximum atomic E-state index is 11.4. The Bertz CT molecular complexity index is 662. The van der Waals surface area contributed by atoms with Gasteiger partial charge in [0.05, 0.1) is 29.9 Å². The first kappa shape index (κ1) is 13.7. The van der Waals surface area contributed by atoms with Crippen LogP contribution in [0.15, 0.2) is 35.6 Å². The molecule has 2 heterocycles. The molecule has 0 bridgehead atoms. The number of pyridine rings is 1. The molecule has 0 amide bonds. The second-order valence-corrected chi connectivity index (χ2v) is 6.27. The third-order valence-electron chi connectivity index (χ3n) is 2.75. The largest absolute Gasteiger partial charge is 0.387 e. The SMILES string of the molecule is CC[C@@H](O)c1ccc(-n2cc(S(C)(=O)=O)cn2)cn1. The van der Waals surface area contributed by atoms with Gasteiger partial charge >= 0.3 is 0 Å². The molecule has 0 spiro atoms. The van der Waals surface area contributed by atoms with Gasteiger partial charge in [-0.3, -0.25) is 4.98 Å². The molecule has 0 aliphatic carbocycles. The summed E-state index contributed by atoms with van der Waals surface area (Å²) in [5.74, 6) is 0. The fraction of sp³-hybridized carbons (Fsp3) is 0.333. The summed E-state index contributed by atoms with van der Waals surface area (Å²) >= 11 is 0. The van der Waals surface area contributed by atoms with E-state index in [0.29, 0.717) is 17.8 Å². The summed E-state index contributed by atoms with van der Waals surface area (Å²) < 4.78 is 24.2. The van der Waals surface area contributed by atoms with E-state index in [4.69, 9.17) is 0 Å². The van der Waals surface area contributed by atoms with E-state index in [9.17, 15) is 13.5 Å². The van der Waals surface area contributed by atoms with E-state index in [2.05, 4.69) is 10.1 Å². The molecule has 1 N–H and O–H groups in total. The molecule has 2 aromatic rings. The van der Waals surface area contributed by atoms with Gasteiger partial charge in [-0.25, -0.2) is 13.1 Å². The molecule has 1 atom stereocenters. The second kappa shape index (κ2) is 5.10. The van der Waals surface area contributed by atoms with E-state index in [-0.39, 0.29) is 4.90 Å². The molecule has 7 heteroatoms. The average Bonchev–Trinajstić information content (AvgIpc) is 2.87. The summed E-state index contributed by atoms with van der Waals surface area (Å²) in [4.78, 5) is 4.29. The first-order valence-corrected chi connectivity index (χ1v) is 7.70. The number of aromatic nitrogens is 3. The number of hydrogen-bond acceptors (Lipinski definition) is 5. The molecule has 102 valence electrons. The molecule has 2 aromatic heterocycles. The highest BCUT2D eigenvalue weighted by molar-refractivity contribution is 7.90. The number of sulfone groups is 1. The summed E-state index contributed by atoms with van der Waals surface area (Å²) in [6.45, 7) is 1.87. The van der Waals surface area contributed by atoms with Crippen molar-refractivity contribution in [2.45, 2.75) is 24.3 Å². The molecule has 0 aromatic carbocycles. The molecule has 0 saturated carbocycles. The van der Waals surface area contributed by atoms with E-state index in [1.54, 1.807) is 18.3 Å². The van der Waals surface area contributed by atoms with Crippen molar-refractivity contribution < 1.29 is 13.5 Å². The van der Waals surface area contributed by atoms with Crippen molar-refractivity contribution >= 4 is 9.84 Å². The zero-order valence-electron chi connectivity index (χ0n) is 10.7. The lowest BCUT2D eigenvalue weighted by Gasteiger charge is -2.07. The van der Waals surface area contributed by atoms with Crippen LogP contribution in [-0.2, 0) is 9.84 Å². The number of aliphatic hydroxyl groups is 1. The molecule has 19 heavy (non-hydrogen) atoms. The Hall–Kier alpha value is -1.73. The highest BCUT2D eigenvalue weighted by atomic mass is 32.2. The predicted octanol–water partition coefficient (Wildman–Crippen LogP) is 1.11. The van der Waals surface area contributed by atoms with Gasteiger partial charge in [-0.15, -0.1) is 0 Å². The zero-order valence-corrected chi connectivity index (χ0v) is 11.5. The maximum Gasteiger partial charge on any atom is 0.178 e. The normalized spacial score (nSPS) is 13.4. The molecule has 0 saturated heterocycles. The average molecular weight is 281 g/mol. The van der Waals surface area contributed by atoms with Crippen LogP contribution >= 0.6 is 0 Å². The van der Waals surface area contributed by atoms with Crippen LogP contribution < -0.4 is 0 Å². The summed E-state index contributed by atoms with van der Waals surface area (Å²) in [5.41, 5.74) is 1.23. The third-order valence-corrected chi connectivity index (χ3v) is 3.82. The number of hydrogen-bond donors (Lipinski definition) is 1. The predicted molar refractivity (Wildman–Crippen MR) is 69.7 cm³/mol. The lowest BCUT2D eigenvalue weighted by Crippen LogP contribution is -2.01. The topological polar surface area (TPSA) is 85.1 Å². The molecular formula is C12H15N3O3S. The van der Waals surface area contributed by atoms with Gasteiger partial charge < -0.3 is 5.11 Å². The quantitative estimate of drug-likeness (QED) is 0.907. The van der Waals surface area contributed by atoms with Gasteiger partial charge in [0, 0.05) is 12.5 Å². The minimum atomic E-state index is -3.26. The summed E-state index contributed by atoms with van der Waals surface area (Å²) in [6.07, 6.45) is 5.41. The van der Waals surface area contributed by atoms with Gasteiger partial charge in [0.2, 0.25) is 0 Å². The molecule has 0 unspecified atom stereocenters. The van der Waals surface area contributed by atoms with Crippen LogP contribution in [0.25, 0.3) is 5.69 Å². The maximum absolute atomic E-state index is 11.4. The highest BCUT2D eigenvalue weighted by Gasteiger charge is 2.11.